The number of thiophene rings is 1. The number of aromatic nitrogens is 4. The van der Waals surface area contributed by atoms with Crippen LogP contribution < -0.4 is 0 Å². The zero-order chi connectivity index (χ0) is 18.1. The number of hydrogen-bond acceptors (Lipinski definition) is 6. The zero-order valence-electron chi connectivity index (χ0n) is 14.6. The lowest BCUT2D eigenvalue weighted by molar-refractivity contribution is -0.0228. The van der Waals surface area contributed by atoms with Crippen molar-refractivity contribution in [3.63, 3.8) is 0 Å². The Morgan fingerprint density at radius 3 is 2.81 bits per heavy atom. The van der Waals surface area contributed by atoms with Gasteiger partial charge in [0.25, 0.3) is 5.91 Å². The van der Waals surface area contributed by atoms with E-state index in [0.717, 1.165) is 21.0 Å². The molecule has 0 N–H and O–H groups in total. The molecule has 1 atom stereocenters. The van der Waals surface area contributed by atoms with Crippen LogP contribution in [0.5, 0.6) is 0 Å². The van der Waals surface area contributed by atoms with Gasteiger partial charge in [-0.25, -0.2) is 0 Å². The quantitative estimate of drug-likeness (QED) is 0.709. The largest absolute Gasteiger partial charge is 0.370 e. The van der Waals surface area contributed by atoms with Gasteiger partial charge in [0.2, 0.25) is 0 Å². The third-order valence-corrected chi connectivity index (χ3v) is 5.86. The number of benzene rings is 1. The summed E-state index contributed by atoms with van der Waals surface area (Å²) in [6, 6.07) is 10.0. The van der Waals surface area contributed by atoms with Crippen molar-refractivity contribution in [2.75, 3.05) is 19.7 Å². The van der Waals surface area contributed by atoms with Crippen LogP contribution in [0.2, 0.25) is 0 Å². The van der Waals surface area contributed by atoms with Crippen molar-refractivity contribution in [3.05, 3.63) is 58.2 Å². The summed E-state index contributed by atoms with van der Waals surface area (Å²) in [5, 5.41) is 12.1. The van der Waals surface area contributed by atoms with E-state index in [1.54, 1.807) is 4.68 Å². The maximum absolute atomic E-state index is 13.3. The van der Waals surface area contributed by atoms with Crippen LogP contribution in [0.1, 0.15) is 32.5 Å². The van der Waals surface area contributed by atoms with Gasteiger partial charge in [0, 0.05) is 11.4 Å². The lowest BCUT2D eigenvalue weighted by Crippen LogP contribution is -2.42. The molecule has 1 aliphatic rings. The highest BCUT2D eigenvalue weighted by Gasteiger charge is 2.30. The number of rotatable bonds is 3. The third kappa shape index (κ3) is 3.02. The second kappa shape index (κ2) is 6.97. The number of hydrogen-bond donors (Lipinski definition) is 0. The molecular formula is C18H19N5O2S. The van der Waals surface area contributed by atoms with Gasteiger partial charge in [-0.3, -0.25) is 4.79 Å². The predicted octanol–water partition coefficient (Wildman–Crippen LogP) is 2.55. The van der Waals surface area contributed by atoms with E-state index in [0.29, 0.717) is 25.3 Å². The molecule has 0 radical (unpaired) electrons. The molecule has 2 aromatic heterocycles. The van der Waals surface area contributed by atoms with Crippen molar-refractivity contribution < 1.29 is 9.53 Å². The Morgan fingerprint density at radius 1 is 1.27 bits per heavy atom. The van der Waals surface area contributed by atoms with Crippen LogP contribution >= 0.6 is 11.3 Å². The summed E-state index contributed by atoms with van der Waals surface area (Å²) in [7, 11) is 0. The molecule has 1 amide bonds. The molecular weight excluding hydrogens is 350 g/mol. The summed E-state index contributed by atoms with van der Waals surface area (Å²) < 4.78 is 7.45. The van der Waals surface area contributed by atoms with Crippen molar-refractivity contribution in [1.82, 2.24) is 25.1 Å². The van der Waals surface area contributed by atoms with Crippen LogP contribution in [0, 0.1) is 13.8 Å². The minimum absolute atomic E-state index is 0.00146. The molecule has 0 saturated carbocycles. The van der Waals surface area contributed by atoms with Gasteiger partial charge < -0.3 is 9.64 Å². The van der Waals surface area contributed by atoms with Gasteiger partial charge in [0.05, 0.1) is 18.7 Å². The first-order valence-electron chi connectivity index (χ1n) is 8.44. The summed E-state index contributed by atoms with van der Waals surface area (Å²) >= 11 is 1.53. The second-order valence-corrected chi connectivity index (χ2v) is 7.44. The van der Waals surface area contributed by atoms with Gasteiger partial charge in [0.15, 0.2) is 0 Å². The Labute approximate surface area is 155 Å². The molecule has 1 aliphatic heterocycles. The fourth-order valence-corrected chi connectivity index (χ4v) is 4.20. The van der Waals surface area contributed by atoms with E-state index in [-0.39, 0.29) is 12.0 Å². The highest BCUT2D eigenvalue weighted by atomic mass is 32.1. The van der Waals surface area contributed by atoms with Crippen LogP contribution in [-0.4, -0.2) is 50.7 Å². The van der Waals surface area contributed by atoms with Crippen LogP contribution in [0.25, 0.3) is 5.00 Å². The van der Waals surface area contributed by atoms with Crippen LogP contribution in [0.15, 0.2) is 36.7 Å². The standard InChI is InChI=1S/C18H19N5O2S/c1-12-13(2)26-18(23-11-19-20-21-23)16(12)17(24)22-8-9-25-15(10-22)14-6-4-3-5-7-14/h3-7,11,15H,8-10H2,1-2H3. The molecule has 3 aromatic rings. The van der Waals surface area contributed by atoms with Gasteiger partial charge in [-0.2, -0.15) is 4.68 Å². The number of ether oxygens (including phenoxy) is 1. The lowest BCUT2D eigenvalue weighted by atomic mass is 10.1. The summed E-state index contributed by atoms with van der Waals surface area (Å²) in [4.78, 5) is 16.3. The van der Waals surface area contributed by atoms with Crippen LogP contribution in [0.4, 0.5) is 0 Å². The van der Waals surface area contributed by atoms with E-state index in [9.17, 15) is 4.79 Å². The predicted molar refractivity (Wildman–Crippen MR) is 97.5 cm³/mol. The molecule has 4 rings (SSSR count). The number of morpholine rings is 1. The van der Waals surface area contributed by atoms with Crippen molar-refractivity contribution >= 4 is 17.2 Å². The van der Waals surface area contributed by atoms with E-state index in [4.69, 9.17) is 4.74 Å². The van der Waals surface area contributed by atoms with E-state index >= 15 is 0 Å². The highest BCUT2D eigenvalue weighted by Crippen LogP contribution is 2.32. The maximum atomic E-state index is 13.3. The smallest absolute Gasteiger partial charge is 0.257 e. The molecule has 0 bridgehead atoms. The molecule has 1 unspecified atom stereocenters. The Balaban J connectivity index is 1.64. The Hall–Kier alpha value is -2.58. The van der Waals surface area contributed by atoms with E-state index in [1.165, 1.54) is 17.7 Å². The average Bonchev–Trinajstić information content (AvgIpc) is 3.31. The van der Waals surface area contributed by atoms with Crippen molar-refractivity contribution in [2.45, 2.75) is 20.0 Å². The molecule has 0 spiro atoms. The van der Waals surface area contributed by atoms with Crippen molar-refractivity contribution in [3.8, 4) is 5.00 Å². The molecule has 7 nitrogen and oxygen atoms in total. The van der Waals surface area contributed by atoms with Crippen LogP contribution in [-0.2, 0) is 4.74 Å². The molecule has 3 heterocycles. The Kier molecular flexibility index (Phi) is 4.52. The van der Waals surface area contributed by atoms with E-state index < -0.39 is 0 Å². The van der Waals surface area contributed by atoms with Gasteiger partial charge in [-0.05, 0) is 35.4 Å². The third-order valence-electron chi connectivity index (χ3n) is 4.66. The summed E-state index contributed by atoms with van der Waals surface area (Å²) in [6.45, 7) is 5.62. The van der Waals surface area contributed by atoms with E-state index in [1.807, 2.05) is 49.1 Å². The number of carbonyl (C=O) groups is 1. The first-order chi connectivity index (χ1) is 12.6. The average molecular weight is 369 g/mol. The molecule has 1 aromatic carbocycles. The van der Waals surface area contributed by atoms with Gasteiger partial charge in [-0.15, -0.1) is 16.4 Å². The topological polar surface area (TPSA) is 73.1 Å². The lowest BCUT2D eigenvalue weighted by Gasteiger charge is -2.33. The van der Waals surface area contributed by atoms with E-state index in [2.05, 4.69) is 15.5 Å². The zero-order valence-corrected chi connectivity index (χ0v) is 15.4. The number of aryl methyl sites for hydroxylation is 1. The molecule has 1 saturated heterocycles. The SMILES string of the molecule is Cc1sc(-n2cnnn2)c(C(=O)N2CCOC(c3ccccc3)C2)c1C. The highest BCUT2D eigenvalue weighted by molar-refractivity contribution is 7.15. The summed E-state index contributed by atoms with van der Waals surface area (Å²) in [5.74, 6) is 0.00146. The molecule has 26 heavy (non-hydrogen) atoms. The first kappa shape index (κ1) is 16.9. The first-order valence-corrected chi connectivity index (χ1v) is 9.26. The molecule has 0 aliphatic carbocycles. The maximum Gasteiger partial charge on any atom is 0.257 e. The normalized spacial score (nSPS) is 17.5. The number of tetrazole rings is 1. The van der Waals surface area contributed by atoms with Crippen molar-refractivity contribution in [1.29, 1.82) is 0 Å². The fourth-order valence-electron chi connectivity index (χ4n) is 3.14. The fraction of sp³-hybridized carbons (Fsp3) is 0.333. The number of carbonyl (C=O) groups excluding carboxylic acids is 1. The number of nitrogens with zero attached hydrogens (tertiary/aromatic N) is 5. The second-order valence-electron chi connectivity index (χ2n) is 6.24. The molecule has 8 heteroatoms. The number of amides is 1. The minimum atomic E-state index is -0.106. The van der Waals surface area contributed by atoms with Gasteiger partial charge in [0.1, 0.15) is 17.4 Å². The van der Waals surface area contributed by atoms with Crippen LogP contribution in [0.3, 0.4) is 0 Å². The Morgan fingerprint density at radius 2 is 2.08 bits per heavy atom. The van der Waals surface area contributed by atoms with Gasteiger partial charge >= 0.3 is 0 Å². The summed E-state index contributed by atoms with van der Waals surface area (Å²) in [6.07, 6.45) is 1.42. The minimum Gasteiger partial charge on any atom is -0.370 e. The monoisotopic (exact) mass is 369 g/mol. The van der Waals surface area contributed by atoms with Gasteiger partial charge in [-0.1, -0.05) is 30.3 Å². The summed E-state index contributed by atoms with van der Waals surface area (Å²) in [5.41, 5.74) is 2.74. The molecule has 1 fully saturated rings. The molecule has 134 valence electrons. The Bertz CT molecular complexity index is 907. The van der Waals surface area contributed by atoms with Crippen molar-refractivity contribution in [2.24, 2.45) is 0 Å².